The standard InChI is InChI=1S/C20H20N4O2S/c1-2-3-13-27-20-22-19(25)18-15-8-4-5-9-16(15)21-17(24(18)23-20)11-10-14-7-6-12-26-14/h4-12,17H,2-3,13H2,1H3,(H,22,23,25)/b11-10+/t17-/m1/s1. The van der Waals surface area contributed by atoms with Gasteiger partial charge in [0.2, 0.25) is 0 Å². The summed E-state index contributed by atoms with van der Waals surface area (Å²) in [4.78, 5) is 17.6. The second kappa shape index (κ2) is 7.84. The van der Waals surface area contributed by atoms with Crippen molar-refractivity contribution in [3.05, 3.63) is 65.1 Å². The SMILES string of the molecule is CCCCSC1=NN2C(=c3ccccc3=N[C@H]2/C=C/c2ccco2)C(=O)N1. The lowest BCUT2D eigenvalue weighted by Crippen LogP contribution is -2.52. The van der Waals surface area contributed by atoms with Gasteiger partial charge < -0.3 is 4.42 Å². The molecule has 138 valence electrons. The molecule has 6 nitrogen and oxygen atoms in total. The Labute approximate surface area is 161 Å². The Morgan fingerprint density at radius 3 is 3.00 bits per heavy atom. The zero-order chi connectivity index (χ0) is 18.6. The number of nitrogens with zero attached hydrogens (tertiary/aromatic N) is 3. The number of thioether (sulfide) groups is 1. The maximum Gasteiger partial charge on any atom is 0.276 e. The molecular weight excluding hydrogens is 360 g/mol. The third-order valence-corrected chi connectivity index (χ3v) is 5.21. The molecule has 0 fully saturated rings. The van der Waals surface area contributed by atoms with Gasteiger partial charge in [0.05, 0.1) is 11.6 Å². The number of nitrogens with one attached hydrogen (secondary N) is 1. The van der Waals surface area contributed by atoms with Crippen molar-refractivity contribution in [2.24, 2.45) is 10.1 Å². The predicted octanol–water partition coefficient (Wildman–Crippen LogP) is 2.30. The summed E-state index contributed by atoms with van der Waals surface area (Å²) in [5.41, 5.74) is 0.523. The number of fused-ring (bicyclic) bond motifs is 2. The highest BCUT2D eigenvalue weighted by Crippen LogP contribution is 2.22. The molecule has 0 saturated heterocycles. The van der Waals surface area contributed by atoms with Gasteiger partial charge in [-0.3, -0.25) is 15.1 Å². The van der Waals surface area contributed by atoms with E-state index in [0.29, 0.717) is 10.9 Å². The van der Waals surface area contributed by atoms with E-state index in [1.54, 1.807) is 23.0 Å². The zero-order valence-electron chi connectivity index (χ0n) is 15.0. The maximum absolute atomic E-state index is 12.8. The third kappa shape index (κ3) is 3.68. The van der Waals surface area contributed by atoms with Crippen molar-refractivity contribution in [2.75, 3.05) is 5.75 Å². The van der Waals surface area contributed by atoms with E-state index < -0.39 is 6.17 Å². The molecule has 1 atom stereocenters. The van der Waals surface area contributed by atoms with Gasteiger partial charge in [-0.15, -0.1) is 5.10 Å². The molecular formula is C20H20N4O2S. The van der Waals surface area contributed by atoms with E-state index in [9.17, 15) is 4.79 Å². The fraction of sp³-hybridized carbons (Fsp3) is 0.250. The quantitative estimate of drug-likeness (QED) is 0.808. The Morgan fingerprint density at radius 2 is 2.19 bits per heavy atom. The van der Waals surface area contributed by atoms with Gasteiger partial charge in [0.1, 0.15) is 11.5 Å². The van der Waals surface area contributed by atoms with Crippen LogP contribution < -0.4 is 15.9 Å². The molecule has 1 amide bonds. The number of hydrazone groups is 1. The fourth-order valence-corrected chi connectivity index (χ4v) is 3.86. The van der Waals surface area contributed by atoms with Crippen LogP contribution >= 0.6 is 11.8 Å². The molecule has 0 bridgehead atoms. The molecule has 2 aliphatic heterocycles. The highest BCUT2D eigenvalue weighted by Gasteiger charge is 2.32. The van der Waals surface area contributed by atoms with Gasteiger partial charge in [0, 0.05) is 11.0 Å². The Kier molecular flexibility index (Phi) is 5.11. The maximum atomic E-state index is 12.8. The van der Waals surface area contributed by atoms with Gasteiger partial charge >= 0.3 is 0 Å². The summed E-state index contributed by atoms with van der Waals surface area (Å²) in [5.74, 6) is 1.50. The number of furan rings is 1. The van der Waals surface area contributed by atoms with Crippen LogP contribution in [-0.2, 0) is 4.79 Å². The number of unbranched alkanes of at least 4 members (excludes halogenated alkanes) is 1. The lowest BCUT2D eigenvalue weighted by Gasteiger charge is -2.32. The Hall–Kier alpha value is -2.80. The predicted molar refractivity (Wildman–Crippen MR) is 107 cm³/mol. The number of rotatable bonds is 5. The Morgan fingerprint density at radius 1 is 1.30 bits per heavy atom. The van der Waals surface area contributed by atoms with Crippen molar-refractivity contribution in [3.8, 4) is 0 Å². The molecule has 0 spiro atoms. The number of amidine groups is 1. The molecule has 4 rings (SSSR count). The van der Waals surface area contributed by atoms with Crippen LogP contribution in [0.4, 0.5) is 0 Å². The van der Waals surface area contributed by atoms with Crippen LogP contribution in [0.25, 0.3) is 11.8 Å². The Balaban J connectivity index is 1.74. The summed E-state index contributed by atoms with van der Waals surface area (Å²) < 4.78 is 5.36. The first-order chi connectivity index (χ1) is 13.3. The molecule has 0 saturated carbocycles. The highest BCUT2D eigenvalue weighted by atomic mass is 32.2. The first-order valence-electron chi connectivity index (χ1n) is 8.97. The number of benzene rings is 1. The largest absolute Gasteiger partial charge is 0.465 e. The van der Waals surface area contributed by atoms with E-state index in [1.165, 1.54) is 0 Å². The second-order valence-corrected chi connectivity index (χ2v) is 7.27. The number of carbonyl (C=O) groups is 1. The van der Waals surface area contributed by atoms with Gasteiger partial charge in [-0.05, 0) is 36.8 Å². The number of hydrogen-bond acceptors (Lipinski definition) is 6. The molecule has 27 heavy (non-hydrogen) atoms. The van der Waals surface area contributed by atoms with Crippen LogP contribution in [0.3, 0.4) is 0 Å². The number of carbonyl (C=O) groups excluding carboxylic acids is 1. The minimum absolute atomic E-state index is 0.150. The summed E-state index contributed by atoms with van der Waals surface area (Å²) >= 11 is 1.56. The zero-order valence-corrected chi connectivity index (χ0v) is 15.8. The average molecular weight is 380 g/mol. The van der Waals surface area contributed by atoms with Crippen molar-refractivity contribution >= 4 is 34.6 Å². The molecule has 0 aliphatic carbocycles. The minimum atomic E-state index is -0.409. The van der Waals surface area contributed by atoms with Gasteiger partial charge in [-0.1, -0.05) is 43.3 Å². The molecule has 2 aliphatic rings. The summed E-state index contributed by atoms with van der Waals surface area (Å²) in [7, 11) is 0. The topological polar surface area (TPSA) is 70.2 Å². The summed E-state index contributed by atoms with van der Waals surface area (Å²) in [6.07, 6.45) is 7.14. The van der Waals surface area contributed by atoms with Gasteiger partial charge in [-0.2, -0.15) is 0 Å². The monoisotopic (exact) mass is 380 g/mol. The molecule has 0 unspecified atom stereocenters. The van der Waals surface area contributed by atoms with E-state index in [4.69, 9.17) is 9.41 Å². The summed E-state index contributed by atoms with van der Waals surface area (Å²) in [6, 6.07) is 11.3. The molecule has 3 heterocycles. The van der Waals surface area contributed by atoms with Crippen molar-refractivity contribution in [2.45, 2.75) is 25.9 Å². The van der Waals surface area contributed by atoms with Crippen molar-refractivity contribution in [1.82, 2.24) is 10.3 Å². The summed E-state index contributed by atoms with van der Waals surface area (Å²) in [5, 5.41) is 11.5. The lowest BCUT2D eigenvalue weighted by atomic mass is 10.1. The molecule has 1 N–H and O–H groups in total. The molecule has 7 heteroatoms. The molecule has 1 aromatic carbocycles. The van der Waals surface area contributed by atoms with Crippen LogP contribution in [0, 0.1) is 0 Å². The first kappa shape index (κ1) is 17.6. The van der Waals surface area contributed by atoms with E-state index in [0.717, 1.165) is 34.9 Å². The fourth-order valence-electron chi connectivity index (χ4n) is 2.92. The van der Waals surface area contributed by atoms with E-state index >= 15 is 0 Å². The average Bonchev–Trinajstić information content (AvgIpc) is 3.20. The first-order valence-corrected chi connectivity index (χ1v) is 9.95. The van der Waals surface area contributed by atoms with Gasteiger partial charge in [-0.25, -0.2) is 5.01 Å². The molecule has 2 aromatic rings. The van der Waals surface area contributed by atoms with Crippen LogP contribution in [0.5, 0.6) is 0 Å². The van der Waals surface area contributed by atoms with E-state index in [1.807, 2.05) is 48.6 Å². The number of hydrogen-bond donors (Lipinski definition) is 1. The smallest absolute Gasteiger partial charge is 0.276 e. The van der Waals surface area contributed by atoms with Crippen molar-refractivity contribution in [1.29, 1.82) is 0 Å². The van der Waals surface area contributed by atoms with E-state index in [2.05, 4.69) is 17.3 Å². The molecule has 1 aromatic heterocycles. The second-order valence-electron chi connectivity index (χ2n) is 6.19. The highest BCUT2D eigenvalue weighted by molar-refractivity contribution is 8.13. The minimum Gasteiger partial charge on any atom is -0.465 e. The van der Waals surface area contributed by atoms with Crippen LogP contribution in [-0.4, -0.2) is 28.0 Å². The van der Waals surface area contributed by atoms with Crippen molar-refractivity contribution in [3.63, 3.8) is 0 Å². The van der Waals surface area contributed by atoms with Crippen LogP contribution in [0.15, 0.2) is 63.2 Å². The molecule has 0 radical (unpaired) electrons. The number of para-hydroxylation sites is 1. The van der Waals surface area contributed by atoms with Crippen LogP contribution in [0.1, 0.15) is 25.5 Å². The number of amides is 1. The van der Waals surface area contributed by atoms with Crippen molar-refractivity contribution < 1.29 is 9.21 Å². The van der Waals surface area contributed by atoms with Crippen LogP contribution in [0.2, 0.25) is 0 Å². The lowest BCUT2D eigenvalue weighted by molar-refractivity contribution is -0.116. The third-order valence-electron chi connectivity index (χ3n) is 4.26. The van der Waals surface area contributed by atoms with E-state index in [-0.39, 0.29) is 5.91 Å². The van der Waals surface area contributed by atoms with Gasteiger partial charge in [0.15, 0.2) is 11.3 Å². The summed E-state index contributed by atoms with van der Waals surface area (Å²) in [6.45, 7) is 2.14. The Bertz CT molecular complexity index is 1010. The van der Waals surface area contributed by atoms with Gasteiger partial charge in [0.25, 0.3) is 5.91 Å². The normalized spacial score (nSPS) is 18.6.